The van der Waals surface area contributed by atoms with Crippen LogP contribution in [0.3, 0.4) is 0 Å². The van der Waals surface area contributed by atoms with Crippen molar-refractivity contribution in [1.29, 1.82) is 0 Å². The van der Waals surface area contributed by atoms with Gasteiger partial charge >= 0.3 is 0 Å². The predicted molar refractivity (Wildman–Crippen MR) is 115 cm³/mol. The maximum Gasteiger partial charge on any atom is 0.163 e. The number of halogens is 1. The summed E-state index contributed by atoms with van der Waals surface area (Å²) in [6, 6.07) is 14.0. The molecule has 2 aromatic carbocycles. The Bertz CT molecular complexity index is 1170. The van der Waals surface area contributed by atoms with Gasteiger partial charge in [0.15, 0.2) is 5.82 Å². The lowest BCUT2D eigenvalue weighted by Crippen LogP contribution is -2.10. The van der Waals surface area contributed by atoms with Crippen LogP contribution in [0, 0.1) is 5.82 Å². The highest BCUT2D eigenvalue weighted by Crippen LogP contribution is 2.36. The molecule has 0 aliphatic carbocycles. The van der Waals surface area contributed by atoms with E-state index in [1.165, 1.54) is 12.1 Å². The molecule has 0 amide bonds. The molecule has 0 spiro atoms. The van der Waals surface area contributed by atoms with Gasteiger partial charge in [0.05, 0.1) is 13.7 Å². The van der Waals surface area contributed by atoms with E-state index in [4.69, 9.17) is 19.4 Å². The van der Waals surface area contributed by atoms with Crippen LogP contribution in [-0.4, -0.2) is 42.3 Å². The third kappa shape index (κ3) is 4.06. The highest BCUT2D eigenvalue weighted by Gasteiger charge is 2.15. The molecule has 0 aliphatic heterocycles. The van der Waals surface area contributed by atoms with Crippen LogP contribution in [0.5, 0.6) is 5.75 Å². The number of pyridine rings is 1. The summed E-state index contributed by atoms with van der Waals surface area (Å²) >= 11 is 0. The van der Waals surface area contributed by atoms with Gasteiger partial charge in [-0.3, -0.25) is 4.98 Å². The number of nitrogens with zero attached hydrogens (tertiary/aromatic N) is 3. The van der Waals surface area contributed by atoms with E-state index in [-0.39, 0.29) is 5.82 Å². The first-order valence-corrected chi connectivity index (χ1v) is 9.48. The molecular weight excluding hydrogens is 383 g/mol. The van der Waals surface area contributed by atoms with E-state index in [0.29, 0.717) is 36.1 Å². The molecule has 0 unspecified atom stereocenters. The van der Waals surface area contributed by atoms with Crippen molar-refractivity contribution in [2.75, 3.05) is 32.7 Å². The number of aromatic nitrogens is 3. The topological polar surface area (TPSA) is 69.2 Å². The summed E-state index contributed by atoms with van der Waals surface area (Å²) in [5.41, 5.74) is 3.01. The monoisotopic (exact) mass is 404 g/mol. The lowest BCUT2D eigenvalue weighted by molar-refractivity contribution is 0.210. The number of nitrogens with one attached hydrogen (secondary N) is 1. The third-order valence-electron chi connectivity index (χ3n) is 4.66. The maximum atomic E-state index is 13.8. The van der Waals surface area contributed by atoms with Crippen molar-refractivity contribution in [3.63, 3.8) is 0 Å². The quantitative estimate of drug-likeness (QED) is 0.455. The van der Waals surface area contributed by atoms with E-state index < -0.39 is 0 Å². The zero-order valence-corrected chi connectivity index (χ0v) is 16.7. The molecule has 0 radical (unpaired) electrons. The Morgan fingerprint density at radius 3 is 2.57 bits per heavy atom. The summed E-state index contributed by atoms with van der Waals surface area (Å²) < 4.78 is 24.6. The fourth-order valence-corrected chi connectivity index (χ4v) is 3.22. The summed E-state index contributed by atoms with van der Waals surface area (Å²) in [4.78, 5) is 13.6. The summed E-state index contributed by atoms with van der Waals surface area (Å²) in [5.74, 6) is 1.46. The van der Waals surface area contributed by atoms with Crippen LogP contribution in [0.1, 0.15) is 0 Å². The van der Waals surface area contributed by atoms with Crippen molar-refractivity contribution in [3.05, 3.63) is 66.7 Å². The van der Waals surface area contributed by atoms with Crippen molar-refractivity contribution in [3.8, 4) is 28.3 Å². The number of ether oxygens (including phenoxy) is 2. The van der Waals surface area contributed by atoms with E-state index in [0.717, 1.165) is 22.1 Å². The molecule has 30 heavy (non-hydrogen) atoms. The second-order valence-corrected chi connectivity index (χ2v) is 6.64. The van der Waals surface area contributed by atoms with E-state index in [1.54, 1.807) is 32.7 Å². The van der Waals surface area contributed by atoms with Crippen LogP contribution >= 0.6 is 0 Å². The molecule has 0 saturated heterocycles. The minimum absolute atomic E-state index is 0.298. The first kappa shape index (κ1) is 19.7. The number of hydrogen-bond acceptors (Lipinski definition) is 6. The first-order chi connectivity index (χ1) is 14.7. The van der Waals surface area contributed by atoms with Gasteiger partial charge in [-0.05, 0) is 47.5 Å². The first-order valence-electron chi connectivity index (χ1n) is 9.48. The number of methoxy groups -OCH3 is 2. The zero-order valence-electron chi connectivity index (χ0n) is 16.7. The Kier molecular flexibility index (Phi) is 5.81. The van der Waals surface area contributed by atoms with Gasteiger partial charge in [-0.15, -0.1) is 0 Å². The Morgan fingerprint density at radius 2 is 1.83 bits per heavy atom. The highest BCUT2D eigenvalue weighted by atomic mass is 19.1. The highest BCUT2D eigenvalue weighted by molar-refractivity contribution is 5.97. The molecule has 0 saturated carbocycles. The van der Waals surface area contributed by atoms with Gasteiger partial charge in [-0.1, -0.05) is 12.1 Å². The van der Waals surface area contributed by atoms with Gasteiger partial charge in [0.25, 0.3) is 0 Å². The number of hydrogen-bond donors (Lipinski definition) is 1. The SMILES string of the molecule is COCCNc1nc(-c2cccnc2)nc2c(OC)cc(-c3cccc(F)c3)cc12. The lowest BCUT2D eigenvalue weighted by Gasteiger charge is -2.15. The molecule has 2 heterocycles. The standard InChI is InChI=1S/C23H21FN4O2/c1-29-10-9-26-23-19-12-17(15-5-3-7-18(24)11-15)13-20(30-2)21(19)27-22(28-23)16-6-4-8-25-14-16/h3-8,11-14H,9-10H2,1-2H3,(H,26,27,28). The molecule has 152 valence electrons. The van der Waals surface area contributed by atoms with Crippen LogP contribution in [0.2, 0.25) is 0 Å². The Morgan fingerprint density at radius 1 is 0.967 bits per heavy atom. The molecule has 0 bridgehead atoms. The minimum atomic E-state index is -0.298. The van der Waals surface area contributed by atoms with E-state index in [1.807, 2.05) is 30.3 Å². The van der Waals surface area contributed by atoms with Crippen LogP contribution in [0.25, 0.3) is 33.4 Å². The van der Waals surface area contributed by atoms with Crippen molar-refractivity contribution < 1.29 is 13.9 Å². The Labute approximate surface area is 173 Å². The second-order valence-electron chi connectivity index (χ2n) is 6.64. The van der Waals surface area contributed by atoms with Gasteiger partial charge in [0, 0.05) is 37.0 Å². The van der Waals surface area contributed by atoms with Crippen LogP contribution in [0.4, 0.5) is 10.2 Å². The summed E-state index contributed by atoms with van der Waals surface area (Å²) in [6.45, 7) is 1.09. The molecule has 1 N–H and O–H groups in total. The number of benzene rings is 2. The van der Waals surface area contributed by atoms with Crippen molar-refractivity contribution in [1.82, 2.24) is 15.0 Å². The number of fused-ring (bicyclic) bond motifs is 1. The molecule has 2 aromatic heterocycles. The molecule has 7 heteroatoms. The van der Waals surface area contributed by atoms with E-state index in [9.17, 15) is 4.39 Å². The molecule has 4 rings (SSSR count). The number of rotatable bonds is 7. The maximum absolute atomic E-state index is 13.8. The van der Waals surface area contributed by atoms with Gasteiger partial charge < -0.3 is 14.8 Å². The van der Waals surface area contributed by atoms with Crippen LogP contribution < -0.4 is 10.1 Å². The fourth-order valence-electron chi connectivity index (χ4n) is 3.22. The summed E-state index contributed by atoms with van der Waals surface area (Å²) in [5, 5.41) is 4.09. The van der Waals surface area contributed by atoms with E-state index >= 15 is 0 Å². The van der Waals surface area contributed by atoms with E-state index in [2.05, 4.69) is 10.3 Å². The van der Waals surface area contributed by atoms with Gasteiger partial charge in [-0.25, -0.2) is 14.4 Å². The van der Waals surface area contributed by atoms with Crippen molar-refractivity contribution in [2.45, 2.75) is 0 Å². The minimum Gasteiger partial charge on any atom is -0.494 e. The predicted octanol–water partition coefficient (Wildman–Crippen LogP) is 4.56. The van der Waals surface area contributed by atoms with Gasteiger partial charge in [-0.2, -0.15) is 0 Å². The molecule has 0 atom stereocenters. The Hall–Kier alpha value is -3.58. The van der Waals surface area contributed by atoms with Crippen molar-refractivity contribution in [2.24, 2.45) is 0 Å². The third-order valence-corrected chi connectivity index (χ3v) is 4.66. The summed E-state index contributed by atoms with van der Waals surface area (Å²) in [7, 11) is 3.24. The molecule has 4 aromatic rings. The Balaban J connectivity index is 1.93. The fraction of sp³-hybridized carbons (Fsp3) is 0.174. The summed E-state index contributed by atoms with van der Waals surface area (Å²) in [6.07, 6.45) is 3.42. The molecular formula is C23H21FN4O2. The molecule has 0 fully saturated rings. The second kappa shape index (κ2) is 8.84. The van der Waals surface area contributed by atoms with Crippen LogP contribution in [-0.2, 0) is 4.74 Å². The largest absolute Gasteiger partial charge is 0.494 e. The average molecular weight is 404 g/mol. The molecule has 6 nitrogen and oxygen atoms in total. The van der Waals surface area contributed by atoms with Gasteiger partial charge in [0.1, 0.15) is 22.9 Å². The lowest BCUT2D eigenvalue weighted by atomic mass is 10.0. The number of anilines is 1. The normalized spacial score (nSPS) is 10.9. The smallest absolute Gasteiger partial charge is 0.163 e. The van der Waals surface area contributed by atoms with Crippen LogP contribution in [0.15, 0.2) is 60.9 Å². The zero-order chi connectivity index (χ0) is 20.9. The molecule has 0 aliphatic rings. The van der Waals surface area contributed by atoms with Gasteiger partial charge in [0.2, 0.25) is 0 Å². The average Bonchev–Trinajstić information content (AvgIpc) is 2.79. The van der Waals surface area contributed by atoms with Crippen molar-refractivity contribution >= 4 is 16.7 Å².